The second-order valence-corrected chi connectivity index (χ2v) is 5.59. The van der Waals surface area contributed by atoms with Crippen LogP contribution in [0.25, 0.3) is 11.0 Å². The Morgan fingerprint density at radius 1 is 1.08 bits per heavy atom. The van der Waals surface area contributed by atoms with Crippen molar-refractivity contribution in [1.82, 2.24) is 0 Å². The molecule has 1 heterocycles. The summed E-state index contributed by atoms with van der Waals surface area (Å²) in [5.74, 6) is -0.982. The summed E-state index contributed by atoms with van der Waals surface area (Å²) in [5.41, 5.74) is 3.36. The van der Waals surface area contributed by atoms with Gasteiger partial charge in [-0.2, -0.15) is 0 Å². The fraction of sp³-hybridized carbons (Fsp3) is 0.158. The van der Waals surface area contributed by atoms with Crippen LogP contribution in [-0.2, 0) is 9.53 Å². The minimum absolute atomic E-state index is 0.0792. The molecule has 2 aromatic carbocycles. The highest BCUT2D eigenvalue weighted by Crippen LogP contribution is 2.19. The Morgan fingerprint density at radius 2 is 1.88 bits per heavy atom. The van der Waals surface area contributed by atoms with Crippen molar-refractivity contribution in [2.75, 3.05) is 11.9 Å². The third-order valence-electron chi connectivity index (χ3n) is 3.62. The molecular weight excluding hydrogens is 306 g/mol. The predicted octanol–water partition coefficient (Wildman–Crippen LogP) is 3.85. The molecule has 0 saturated heterocycles. The van der Waals surface area contributed by atoms with Crippen LogP contribution in [-0.4, -0.2) is 18.5 Å². The average molecular weight is 323 g/mol. The number of nitrogens with one attached hydrogen (secondary N) is 1. The summed E-state index contributed by atoms with van der Waals surface area (Å²) in [7, 11) is 0. The quantitative estimate of drug-likeness (QED) is 0.741. The fourth-order valence-corrected chi connectivity index (χ4v) is 2.42. The van der Waals surface area contributed by atoms with Crippen LogP contribution < -0.4 is 5.32 Å². The monoisotopic (exact) mass is 323 g/mol. The fourth-order valence-electron chi connectivity index (χ4n) is 2.42. The lowest BCUT2D eigenvalue weighted by molar-refractivity contribution is -0.119. The number of anilines is 1. The number of esters is 1. The van der Waals surface area contributed by atoms with Gasteiger partial charge in [-0.05, 0) is 37.6 Å². The number of rotatable bonds is 4. The number of furan rings is 1. The van der Waals surface area contributed by atoms with Gasteiger partial charge in [-0.25, -0.2) is 4.79 Å². The molecule has 3 aromatic rings. The first kappa shape index (κ1) is 15.8. The lowest BCUT2D eigenvalue weighted by Crippen LogP contribution is -2.21. The molecule has 0 saturated carbocycles. The molecule has 1 amide bonds. The van der Waals surface area contributed by atoms with Crippen molar-refractivity contribution in [2.24, 2.45) is 0 Å². The van der Waals surface area contributed by atoms with Gasteiger partial charge < -0.3 is 14.5 Å². The molecule has 0 aliphatic rings. The summed E-state index contributed by atoms with van der Waals surface area (Å²) in [4.78, 5) is 23.9. The zero-order valence-electron chi connectivity index (χ0n) is 13.5. The van der Waals surface area contributed by atoms with E-state index in [4.69, 9.17) is 9.15 Å². The van der Waals surface area contributed by atoms with E-state index < -0.39 is 11.9 Å². The van der Waals surface area contributed by atoms with Gasteiger partial charge in [-0.15, -0.1) is 0 Å². The maximum absolute atomic E-state index is 12.0. The number of benzene rings is 2. The van der Waals surface area contributed by atoms with Crippen molar-refractivity contribution in [1.29, 1.82) is 0 Å². The smallest absolute Gasteiger partial charge is 0.374 e. The van der Waals surface area contributed by atoms with Crippen molar-refractivity contribution >= 4 is 28.5 Å². The Balaban J connectivity index is 1.60. The van der Waals surface area contributed by atoms with E-state index in [1.807, 2.05) is 50.2 Å². The summed E-state index contributed by atoms with van der Waals surface area (Å²) in [6.45, 7) is 3.51. The molecular formula is C19H17NO4. The van der Waals surface area contributed by atoms with Gasteiger partial charge in [0.15, 0.2) is 6.61 Å². The maximum Gasteiger partial charge on any atom is 0.374 e. The predicted molar refractivity (Wildman–Crippen MR) is 91.0 cm³/mol. The van der Waals surface area contributed by atoms with Crippen LogP contribution >= 0.6 is 0 Å². The first-order chi connectivity index (χ1) is 11.5. The number of aryl methyl sites for hydroxylation is 2. The summed E-state index contributed by atoms with van der Waals surface area (Å²) >= 11 is 0. The van der Waals surface area contributed by atoms with Crippen LogP contribution in [0.3, 0.4) is 0 Å². The molecule has 24 heavy (non-hydrogen) atoms. The molecule has 1 N–H and O–H groups in total. The van der Waals surface area contributed by atoms with Gasteiger partial charge in [0.05, 0.1) is 0 Å². The molecule has 0 bridgehead atoms. The zero-order valence-corrected chi connectivity index (χ0v) is 13.5. The van der Waals surface area contributed by atoms with E-state index in [0.717, 1.165) is 16.5 Å². The highest BCUT2D eigenvalue weighted by molar-refractivity contribution is 5.96. The molecule has 0 spiro atoms. The Morgan fingerprint density at radius 3 is 2.62 bits per heavy atom. The van der Waals surface area contributed by atoms with Crippen molar-refractivity contribution in [2.45, 2.75) is 13.8 Å². The second kappa shape index (κ2) is 6.58. The first-order valence-electron chi connectivity index (χ1n) is 7.56. The number of carbonyl (C=O) groups excluding carboxylic acids is 2. The van der Waals surface area contributed by atoms with Crippen molar-refractivity contribution < 1.29 is 18.7 Å². The van der Waals surface area contributed by atoms with Gasteiger partial charge in [0.1, 0.15) is 5.58 Å². The van der Waals surface area contributed by atoms with E-state index >= 15 is 0 Å². The SMILES string of the molecule is Cc1ccc(NC(=O)COC(=O)c2cc3ccccc3o2)c(C)c1. The molecule has 0 atom stereocenters. The Bertz CT molecular complexity index is 878. The van der Waals surface area contributed by atoms with Gasteiger partial charge in [-0.3, -0.25) is 4.79 Å². The maximum atomic E-state index is 12.0. The second-order valence-electron chi connectivity index (χ2n) is 5.59. The molecule has 0 radical (unpaired) electrons. The molecule has 5 heteroatoms. The average Bonchev–Trinajstić information content (AvgIpc) is 2.99. The molecule has 0 aliphatic carbocycles. The van der Waals surface area contributed by atoms with Gasteiger partial charge in [-0.1, -0.05) is 35.9 Å². The van der Waals surface area contributed by atoms with Gasteiger partial charge in [0.2, 0.25) is 5.76 Å². The summed E-state index contributed by atoms with van der Waals surface area (Å²) in [6, 6.07) is 14.6. The summed E-state index contributed by atoms with van der Waals surface area (Å²) in [6.07, 6.45) is 0. The zero-order chi connectivity index (χ0) is 17.1. The van der Waals surface area contributed by atoms with Crippen LogP contribution in [0.4, 0.5) is 5.69 Å². The van der Waals surface area contributed by atoms with E-state index in [1.165, 1.54) is 0 Å². The molecule has 5 nitrogen and oxygen atoms in total. The molecule has 0 unspecified atom stereocenters. The van der Waals surface area contributed by atoms with Gasteiger partial charge >= 0.3 is 5.97 Å². The lowest BCUT2D eigenvalue weighted by Gasteiger charge is -2.09. The topological polar surface area (TPSA) is 68.5 Å². The summed E-state index contributed by atoms with van der Waals surface area (Å²) < 4.78 is 10.4. The first-order valence-corrected chi connectivity index (χ1v) is 7.56. The van der Waals surface area contributed by atoms with Crippen LogP contribution in [0.1, 0.15) is 21.7 Å². The molecule has 0 aliphatic heterocycles. The largest absolute Gasteiger partial charge is 0.450 e. The number of hydrogen-bond donors (Lipinski definition) is 1. The number of para-hydroxylation sites is 1. The number of amides is 1. The highest BCUT2D eigenvalue weighted by atomic mass is 16.5. The third-order valence-corrected chi connectivity index (χ3v) is 3.62. The van der Waals surface area contributed by atoms with Crippen LogP contribution in [0.5, 0.6) is 0 Å². The van der Waals surface area contributed by atoms with Gasteiger partial charge in [0.25, 0.3) is 5.91 Å². The normalized spacial score (nSPS) is 10.6. The Hall–Kier alpha value is -3.08. The van der Waals surface area contributed by atoms with Gasteiger partial charge in [0, 0.05) is 11.1 Å². The third kappa shape index (κ3) is 3.46. The minimum Gasteiger partial charge on any atom is -0.450 e. The van der Waals surface area contributed by atoms with Crippen LogP contribution in [0.15, 0.2) is 52.9 Å². The lowest BCUT2D eigenvalue weighted by atomic mass is 10.1. The molecule has 122 valence electrons. The van der Waals surface area contributed by atoms with Crippen molar-refractivity contribution in [3.63, 3.8) is 0 Å². The summed E-state index contributed by atoms with van der Waals surface area (Å²) in [5, 5.41) is 3.53. The molecule has 0 fully saturated rings. The van der Waals surface area contributed by atoms with E-state index in [0.29, 0.717) is 11.3 Å². The highest BCUT2D eigenvalue weighted by Gasteiger charge is 2.15. The molecule has 3 rings (SSSR count). The minimum atomic E-state index is -0.665. The Kier molecular flexibility index (Phi) is 4.33. The van der Waals surface area contributed by atoms with Crippen molar-refractivity contribution in [3.8, 4) is 0 Å². The standard InChI is InChI=1S/C19H17NO4/c1-12-7-8-15(13(2)9-12)20-18(21)11-23-19(22)17-10-14-5-3-4-6-16(14)24-17/h3-10H,11H2,1-2H3,(H,20,21). The number of fused-ring (bicyclic) bond motifs is 1. The number of ether oxygens (including phenoxy) is 1. The van der Waals surface area contributed by atoms with Crippen LogP contribution in [0, 0.1) is 13.8 Å². The van der Waals surface area contributed by atoms with E-state index in [1.54, 1.807) is 12.1 Å². The van der Waals surface area contributed by atoms with E-state index in [9.17, 15) is 9.59 Å². The van der Waals surface area contributed by atoms with Crippen LogP contribution in [0.2, 0.25) is 0 Å². The number of carbonyl (C=O) groups is 2. The Labute approximate surface area is 139 Å². The van der Waals surface area contributed by atoms with E-state index in [2.05, 4.69) is 5.32 Å². The molecule has 1 aromatic heterocycles. The van der Waals surface area contributed by atoms with Crippen molar-refractivity contribution in [3.05, 3.63) is 65.4 Å². The number of hydrogen-bond acceptors (Lipinski definition) is 4. The van der Waals surface area contributed by atoms with E-state index in [-0.39, 0.29) is 12.4 Å².